The van der Waals surface area contributed by atoms with E-state index in [0.29, 0.717) is 12.0 Å². The molecule has 0 bridgehead atoms. The van der Waals surface area contributed by atoms with Gasteiger partial charge in [-0.1, -0.05) is 30.3 Å². The first-order chi connectivity index (χ1) is 8.70. The summed E-state index contributed by atoms with van der Waals surface area (Å²) in [7, 11) is 1.56. The predicted molar refractivity (Wildman–Crippen MR) is 72.2 cm³/mol. The van der Waals surface area contributed by atoms with Crippen molar-refractivity contribution in [2.24, 2.45) is 5.92 Å². The summed E-state index contributed by atoms with van der Waals surface area (Å²) in [5.41, 5.74) is 1.37. The van der Waals surface area contributed by atoms with Gasteiger partial charge in [0.05, 0.1) is 0 Å². The SMILES string of the molecule is COC(O)C[C@H]1CCN([C@@H](C)c2ccccc2)C1. The lowest BCUT2D eigenvalue weighted by molar-refractivity contribution is -0.0865. The molecular weight excluding hydrogens is 226 g/mol. The van der Waals surface area contributed by atoms with Gasteiger partial charge in [0, 0.05) is 26.1 Å². The van der Waals surface area contributed by atoms with Crippen LogP contribution in [-0.2, 0) is 4.74 Å². The molecule has 1 aliphatic rings. The maximum absolute atomic E-state index is 9.52. The summed E-state index contributed by atoms with van der Waals surface area (Å²) in [6, 6.07) is 11.1. The molecule has 0 amide bonds. The monoisotopic (exact) mass is 249 g/mol. The lowest BCUT2D eigenvalue weighted by Crippen LogP contribution is -2.25. The number of aliphatic hydroxyl groups excluding tert-OH is 1. The fourth-order valence-electron chi connectivity index (χ4n) is 2.73. The van der Waals surface area contributed by atoms with Crippen LogP contribution < -0.4 is 0 Å². The third kappa shape index (κ3) is 3.31. The van der Waals surface area contributed by atoms with Crippen LogP contribution in [0.5, 0.6) is 0 Å². The van der Waals surface area contributed by atoms with E-state index in [1.165, 1.54) is 5.56 Å². The molecule has 0 aliphatic carbocycles. The molecule has 1 saturated heterocycles. The van der Waals surface area contributed by atoms with Crippen LogP contribution in [0.1, 0.15) is 31.4 Å². The average molecular weight is 249 g/mol. The van der Waals surface area contributed by atoms with Crippen molar-refractivity contribution in [1.82, 2.24) is 4.90 Å². The molecule has 1 unspecified atom stereocenters. The topological polar surface area (TPSA) is 32.7 Å². The standard InChI is InChI=1S/C15H23NO2/c1-12(14-6-4-3-5-7-14)16-9-8-13(11-16)10-15(17)18-2/h3-7,12-13,15,17H,8-11H2,1-2H3/t12-,13+,15?/m0/s1. The van der Waals surface area contributed by atoms with Crippen LogP contribution in [0, 0.1) is 5.92 Å². The fourth-order valence-corrected chi connectivity index (χ4v) is 2.73. The smallest absolute Gasteiger partial charge is 0.154 e. The van der Waals surface area contributed by atoms with E-state index in [0.717, 1.165) is 25.9 Å². The average Bonchev–Trinajstić information content (AvgIpc) is 2.87. The molecular formula is C15H23NO2. The van der Waals surface area contributed by atoms with Crippen LogP contribution in [0.2, 0.25) is 0 Å². The zero-order valence-electron chi connectivity index (χ0n) is 11.2. The Balaban J connectivity index is 1.89. The van der Waals surface area contributed by atoms with Crippen molar-refractivity contribution in [2.75, 3.05) is 20.2 Å². The molecule has 100 valence electrons. The van der Waals surface area contributed by atoms with Gasteiger partial charge in [0.15, 0.2) is 6.29 Å². The molecule has 1 aromatic carbocycles. The number of hydrogen-bond acceptors (Lipinski definition) is 3. The number of hydrogen-bond donors (Lipinski definition) is 1. The molecule has 1 aromatic rings. The predicted octanol–water partition coefficient (Wildman–Crippen LogP) is 2.42. The van der Waals surface area contributed by atoms with E-state index in [1.807, 2.05) is 0 Å². The third-order valence-corrected chi connectivity index (χ3v) is 3.95. The van der Waals surface area contributed by atoms with Gasteiger partial charge in [-0.2, -0.15) is 0 Å². The van der Waals surface area contributed by atoms with Gasteiger partial charge in [-0.3, -0.25) is 4.90 Å². The Morgan fingerprint density at radius 1 is 1.39 bits per heavy atom. The quantitative estimate of drug-likeness (QED) is 0.814. The fraction of sp³-hybridized carbons (Fsp3) is 0.600. The number of rotatable bonds is 5. The van der Waals surface area contributed by atoms with Crippen molar-refractivity contribution in [1.29, 1.82) is 0 Å². The molecule has 1 aliphatic heterocycles. The highest BCUT2D eigenvalue weighted by molar-refractivity contribution is 5.18. The second-order valence-electron chi connectivity index (χ2n) is 5.16. The van der Waals surface area contributed by atoms with Gasteiger partial charge < -0.3 is 9.84 Å². The van der Waals surface area contributed by atoms with Gasteiger partial charge in [-0.15, -0.1) is 0 Å². The van der Waals surface area contributed by atoms with Gasteiger partial charge in [0.2, 0.25) is 0 Å². The summed E-state index contributed by atoms with van der Waals surface area (Å²) in [6.45, 7) is 4.41. The summed E-state index contributed by atoms with van der Waals surface area (Å²) in [6.07, 6.45) is 1.29. The van der Waals surface area contributed by atoms with Crippen molar-refractivity contribution in [3.63, 3.8) is 0 Å². The zero-order valence-corrected chi connectivity index (χ0v) is 11.2. The minimum atomic E-state index is -0.609. The molecule has 0 aromatic heterocycles. The first kappa shape index (κ1) is 13.5. The molecule has 1 N–H and O–H groups in total. The second-order valence-corrected chi connectivity index (χ2v) is 5.16. The van der Waals surface area contributed by atoms with E-state index in [9.17, 15) is 5.11 Å². The van der Waals surface area contributed by atoms with Gasteiger partial charge in [0.1, 0.15) is 0 Å². The van der Waals surface area contributed by atoms with Crippen LogP contribution in [-0.4, -0.2) is 36.5 Å². The van der Waals surface area contributed by atoms with Crippen LogP contribution in [0.15, 0.2) is 30.3 Å². The molecule has 0 saturated carbocycles. The molecule has 1 heterocycles. The molecule has 2 rings (SSSR count). The number of nitrogens with zero attached hydrogens (tertiary/aromatic N) is 1. The third-order valence-electron chi connectivity index (χ3n) is 3.95. The van der Waals surface area contributed by atoms with Crippen LogP contribution in [0.3, 0.4) is 0 Å². The second kappa shape index (κ2) is 6.32. The number of methoxy groups -OCH3 is 1. The Morgan fingerprint density at radius 3 is 2.78 bits per heavy atom. The molecule has 18 heavy (non-hydrogen) atoms. The molecule has 3 nitrogen and oxygen atoms in total. The summed E-state index contributed by atoms with van der Waals surface area (Å²) in [4.78, 5) is 2.49. The van der Waals surface area contributed by atoms with Crippen LogP contribution >= 0.6 is 0 Å². The number of aliphatic hydroxyl groups is 1. The van der Waals surface area contributed by atoms with Crippen molar-refractivity contribution in [2.45, 2.75) is 32.1 Å². The zero-order chi connectivity index (χ0) is 13.0. The molecule has 0 radical (unpaired) electrons. The van der Waals surface area contributed by atoms with E-state index in [4.69, 9.17) is 4.74 Å². The molecule has 1 fully saturated rings. The Bertz CT molecular complexity index is 355. The van der Waals surface area contributed by atoms with Crippen molar-refractivity contribution >= 4 is 0 Å². The minimum absolute atomic E-state index is 0.455. The summed E-state index contributed by atoms with van der Waals surface area (Å²) in [5, 5.41) is 9.52. The number of ether oxygens (including phenoxy) is 1. The highest BCUT2D eigenvalue weighted by atomic mass is 16.6. The van der Waals surface area contributed by atoms with E-state index in [2.05, 4.69) is 42.2 Å². The highest BCUT2D eigenvalue weighted by Gasteiger charge is 2.28. The lowest BCUT2D eigenvalue weighted by atomic mass is 10.0. The Kier molecular flexibility index (Phi) is 4.75. The molecule has 3 heteroatoms. The summed E-state index contributed by atoms with van der Waals surface area (Å²) >= 11 is 0. The van der Waals surface area contributed by atoms with Gasteiger partial charge in [-0.25, -0.2) is 0 Å². The van der Waals surface area contributed by atoms with Gasteiger partial charge in [0.25, 0.3) is 0 Å². The largest absolute Gasteiger partial charge is 0.368 e. The first-order valence-corrected chi connectivity index (χ1v) is 6.70. The van der Waals surface area contributed by atoms with Crippen molar-refractivity contribution < 1.29 is 9.84 Å². The van der Waals surface area contributed by atoms with E-state index < -0.39 is 6.29 Å². The maximum atomic E-state index is 9.52. The van der Waals surface area contributed by atoms with Crippen LogP contribution in [0.4, 0.5) is 0 Å². The highest BCUT2D eigenvalue weighted by Crippen LogP contribution is 2.29. The van der Waals surface area contributed by atoms with E-state index in [-0.39, 0.29) is 0 Å². The maximum Gasteiger partial charge on any atom is 0.154 e. The first-order valence-electron chi connectivity index (χ1n) is 6.70. The number of likely N-dealkylation sites (tertiary alicyclic amines) is 1. The van der Waals surface area contributed by atoms with Crippen LogP contribution in [0.25, 0.3) is 0 Å². The lowest BCUT2D eigenvalue weighted by Gasteiger charge is -2.25. The minimum Gasteiger partial charge on any atom is -0.368 e. The Morgan fingerprint density at radius 2 is 2.11 bits per heavy atom. The normalized spacial score (nSPS) is 24.1. The van der Waals surface area contributed by atoms with Crippen molar-refractivity contribution in [3.05, 3.63) is 35.9 Å². The number of benzene rings is 1. The van der Waals surface area contributed by atoms with E-state index in [1.54, 1.807) is 7.11 Å². The van der Waals surface area contributed by atoms with Crippen molar-refractivity contribution in [3.8, 4) is 0 Å². The van der Waals surface area contributed by atoms with Gasteiger partial charge >= 0.3 is 0 Å². The molecule has 3 atom stereocenters. The van der Waals surface area contributed by atoms with Gasteiger partial charge in [-0.05, 0) is 31.4 Å². The summed E-state index contributed by atoms with van der Waals surface area (Å²) in [5.74, 6) is 0.547. The Hall–Kier alpha value is -0.900. The molecule has 0 spiro atoms. The summed E-state index contributed by atoms with van der Waals surface area (Å²) < 4.78 is 4.93. The Labute approximate surface area is 109 Å². The van der Waals surface area contributed by atoms with E-state index >= 15 is 0 Å².